The number of carbonyl (C=O) groups excluding carboxylic acids is 2. The molecule has 2 heterocycles. The van der Waals surface area contributed by atoms with E-state index in [4.69, 9.17) is 9.84 Å². The van der Waals surface area contributed by atoms with E-state index in [2.05, 4.69) is 0 Å². The Bertz CT molecular complexity index is 1520. The first-order chi connectivity index (χ1) is 19.3. The zero-order valence-electron chi connectivity index (χ0n) is 22.8. The highest BCUT2D eigenvalue weighted by molar-refractivity contribution is 6.01. The van der Waals surface area contributed by atoms with Crippen LogP contribution in [0.1, 0.15) is 52.0 Å². The number of rotatable bonds is 9. The molecule has 0 spiro atoms. The van der Waals surface area contributed by atoms with Crippen molar-refractivity contribution in [1.82, 2.24) is 14.7 Å². The SMILES string of the molecule is COCCCC(=O)c1ccc2nn(CC3CCN(C(=O)c4ccc(-c5ccc(F)cc5F)cc4)CC3)cc2c1C. The molecule has 8 heteroatoms. The van der Waals surface area contributed by atoms with Crippen LogP contribution in [0, 0.1) is 24.5 Å². The number of piperidine rings is 1. The summed E-state index contributed by atoms with van der Waals surface area (Å²) in [4.78, 5) is 27.6. The van der Waals surface area contributed by atoms with E-state index in [1.807, 2.05) is 34.8 Å². The average molecular weight is 546 g/mol. The van der Waals surface area contributed by atoms with Crippen molar-refractivity contribution in [3.8, 4) is 11.1 Å². The highest BCUT2D eigenvalue weighted by Crippen LogP contribution is 2.27. The number of carbonyl (C=O) groups is 2. The number of hydrogen-bond acceptors (Lipinski definition) is 4. The van der Waals surface area contributed by atoms with Gasteiger partial charge in [0.25, 0.3) is 5.91 Å². The van der Waals surface area contributed by atoms with Crippen LogP contribution in [0.2, 0.25) is 0 Å². The Kier molecular flexibility index (Phi) is 8.35. The molecule has 0 saturated carbocycles. The first-order valence-electron chi connectivity index (χ1n) is 13.7. The summed E-state index contributed by atoms with van der Waals surface area (Å²) < 4.78 is 34.4. The summed E-state index contributed by atoms with van der Waals surface area (Å²) in [7, 11) is 1.64. The third-order valence-corrected chi connectivity index (χ3v) is 7.78. The minimum absolute atomic E-state index is 0.0484. The number of Topliss-reactive ketones (excluding diaryl/α,β-unsaturated/α-hetero) is 1. The highest BCUT2D eigenvalue weighted by Gasteiger charge is 2.24. The van der Waals surface area contributed by atoms with Gasteiger partial charge in [-0.15, -0.1) is 0 Å². The lowest BCUT2D eigenvalue weighted by molar-refractivity contribution is 0.0681. The van der Waals surface area contributed by atoms with E-state index >= 15 is 0 Å². The van der Waals surface area contributed by atoms with Gasteiger partial charge in [-0.25, -0.2) is 8.78 Å². The van der Waals surface area contributed by atoms with Gasteiger partial charge in [-0.3, -0.25) is 14.3 Å². The van der Waals surface area contributed by atoms with E-state index in [1.54, 1.807) is 31.4 Å². The van der Waals surface area contributed by atoms with Crippen LogP contribution in [0.5, 0.6) is 0 Å². The van der Waals surface area contributed by atoms with Gasteiger partial charge in [0.2, 0.25) is 0 Å². The number of methoxy groups -OCH3 is 1. The molecule has 0 atom stereocenters. The second-order valence-electron chi connectivity index (χ2n) is 10.5. The topological polar surface area (TPSA) is 64.4 Å². The maximum atomic E-state index is 14.1. The fraction of sp³-hybridized carbons (Fsp3) is 0.344. The van der Waals surface area contributed by atoms with Gasteiger partial charge in [0, 0.05) is 74.1 Å². The van der Waals surface area contributed by atoms with Crippen molar-refractivity contribution >= 4 is 22.6 Å². The average Bonchev–Trinajstić information content (AvgIpc) is 3.37. The Hall–Kier alpha value is -3.91. The van der Waals surface area contributed by atoms with Crippen LogP contribution in [0.25, 0.3) is 22.0 Å². The molecule has 0 aliphatic carbocycles. The van der Waals surface area contributed by atoms with Crippen LogP contribution in [0.15, 0.2) is 60.8 Å². The molecule has 40 heavy (non-hydrogen) atoms. The van der Waals surface area contributed by atoms with Crippen molar-refractivity contribution in [3.05, 3.63) is 89.1 Å². The second kappa shape index (κ2) is 12.1. The third kappa shape index (κ3) is 5.97. The number of nitrogens with zero attached hydrogens (tertiary/aromatic N) is 3. The lowest BCUT2D eigenvalue weighted by Crippen LogP contribution is -2.39. The zero-order chi connectivity index (χ0) is 28.2. The number of aryl methyl sites for hydroxylation is 1. The van der Waals surface area contributed by atoms with Crippen LogP contribution >= 0.6 is 0 Å². The van der Waals surface area contributed by atoms with Gasteiger partial charge in [-0.05, 0) is 79.6 Å². The van der Waals surface area contributed by atoms with Crippen LogP contribution in [0.4, 0.5) is 8.78 Å². The van der Waals surface area contributed by atoms with Crippen LogP contribution in [0.3, 0.4) is 0 Å². The van der Waals surface area contributed by atoms with Gasteiger partial charge in [0.1, 0.15) is 11.6 Å². The largest absolute Gasteiger partial charge is 0.385 e. The highest BCUT2D eigenvalue weighted by atomic mass is 19.1. The number of amides is 1. The number of hydrogen-bond donors (Lipinski definition) is 0. The van der Waals surface area contributed by atoms with Crippen LogP contribution in [-0.4, -0.2) is 53.2 Å². The number of ketones is 1. The predicted octanol–water partition coefficient (Wildman–Crippen LogP) is 6.45. The molecule has 208 valence electrons. The molecule has 5 rings (SSSR count). The molecule has 1 fully saturated rings. The fourth-order valence-corrected chi connectivity index (χ4v) is 5.47. The summed E-state index contributed by atoms with van der Waals surface area (Å²) in [6.45, 7) is 4.60. The second-order valence-corrected chi connectivity index (χ2v) is 10.5. The van der Waals surface area contributed by atoms with E-state index in [1.165, 1.54) is 12.1 Å². The predicted molar refractivity (Wildman–Crippen MR) is 150 cm³/mol. The molecule has 0 N–H and O–H groups in total. The van der Waals surface area contributed by atoms with Gasteiger partial charge in [-0.2, -0.15) is 5.10 Å². The number of fused-ring (bicyclic) bond motifs is 1. The van der Waals surface area contributed by atoms with Crippen molar-refractivity contribution in [2.45, 2.75) is 39.2 Å². The molecule has 0 radical (unpaired) electrons. The molecular weight excluding hydrogens is 512 g/mol. The standard InChI is InChI=1S/C32H33F2N3O3/c1-21-26(31(38)4-3-17-40-2)11-12-30-28(21)20-37(35-30)19-22-13-15-36(16-14-22)32(39)24-7-5-23(6-8-24)27-10-9-25(33)18-29(27)34/h5-12,18,20,22H,3-4,13-17,19H2,1-2H3. The fourth-order valence-electron chi connectivity index (χ4n) is 5.47. The zero-order valence-corrected chi connectivity index (χ0v) is 22.8. The summed E-state index contributed by atoms with van der Waals surface area (Å²) in [5.41, 5.74) is 4.02. The molecule has 6 nitrogen and oxygen atoms in total. The summed E-state index contributed by atoms with van der Waals surface area (Å²) in [6, 6.07) is 14.0. The van der Waals surface area contributed by atoms with Crippen molar-refractivity contribution in [1.29, 1.82) is 0 Å². The lowest BCUT2D eigenvalue weighted by atomic mass is 9.96. The smallest absolute Gasteiger partial charge is 0.253 e. The quantitative estimate of drug-likeness (QED) is 0.179. The maximum absolute atomic E-state index is 14.1. The maximum Gasteiger partial charge on any atom is 0.253 e. The third-order valence-electron chi connectivity index (χ3n) is 7.78. The Labute approximate surface area is 232 Å². The molecule has 1 saturated heterocycles. The molecule has 4 aromatic rings. The normalized spacial score (nSPS) is 14.2. The summed E-state index contributed by atoms with van der Waals surface area (Å²) in [5, 5.41) is 5.74. The summed E-state index contributed by atoms with van der Waals surface area (Å²) in [5.74, 6) is -0.792. The lowest BCUT2D eigenvalue weighted by Gasteiger charge is -2.32. The van der Waals surface area contributed by atoms with E-state index in [0.717, 1.165) is 47.5 Å². The van der Waals surface area contributed by atoms with Crippen LogP contribution in [-0.2, 0) is 11.3 Å². The van der Waals surface area contributed by atoms with Gasteiger partial charge < -0.3 is 9.64 Å². The van der Waals surface area contributed by atoms with Crippen molar-refractivity contribution in [2.75, 3.05) is 26.8 Å². The Morgan fingerprint density at radius 2 is 1.77 bits per heavy atom. The Morgan fingerprint density at radius 1 is 1.02 bits per heavy atom. The summed E-state index contributed by atoms with van der Waals surface area (Å²) in [6.07, 6.45) is 4.92. The van der Waals surface area contributed by atoms with E-state index < -0.39 is 11.6 Å². The van der Waals surface area contributed by atoms with Gasteiger partial charge in [0.05, 0.1) is 5.52 Å². The molecule has 1 aliphatic heterocycles. The Morgan fingerprint density at radius 3 is 2.48 bits per heavy atom. The molecule has 0 unspecified atom stereocenters. The molecule has 3 aromatic carbocycles. The number of halogens is 2. The first kappa shape index (κ1) is 27.6. The molecule has 1 aromatic heterocycles. The van der Waals surface area contributed by atoms with Gasteiger partial charge >= 0.3 is 0 Å². The number of benzene rings is 3. The molecule has 0 bridgehead atoms. The molecule has 1 aliphatic rings. The monoisotopic (exact) mass is 545 g/mol. The minimum atomic E-state index is -0.631. The van der Waals surface area contributed by atoms with E-state index in [-0.39, 0.29) is 11.7 Å². The van der Waals surface area contributed by atoms with Crippen molar-refractivity contribution in [2.24, 2.45) is 5.92 Å². The van der Waals surface area contributed by atoms with Gasteiger partial charge in [-0.1, -0.05) is 12.1 Å². The van der Waals surface area contributed by atoms with Crippen molar-refractivity contribution < 1.29 is 23.1 Å². The first-order valence-corrected chi connectivity index (χ1v) is 13.7. The van der Waals surface area contributed by atoms with Gasteiger partial charge in [0.15, 0.2) is 5.78 Å². The number of ether oxygens (including phenoxy) is 1. The summed E-state index contributed by atoms with van der Waals surface area (Å²) >= 11 is 0. The number of aromatic nitrogens is 2. The number of likely N-dealkylation sites (tertiary alicyclic amines) is 1. The molecular formula is C32H33F2N3O3. The van der Waals surface area contributed by atoms with Crippen LogP contribution < -0.4 is 0 Å². The van der Waals surface area contributed by atoms with Crippen molar-refractivity contribution in [3.63, 3.8) is 0 Å². The molecule has 1 amide bonds. The van der Waals surface area contributed by atoms with E-state index in [9.17, 15) is 18.4 Å². The van der Waals surface area contributed by atoms with E-state index in [0.29, 0.717) is 55.1 Å². The minimum Gasteiger partial charge on any atom is -0.385 e. The Balaban J connectivity index is 1.18.